The van der Waals surface area contributed by atoms with Crippen LogP contribution in [0.25, 0.3) is 0 Å². The molecule has 1 heterocycles. The molecule has 0 saturated carbocycles. The van der Waals surface area contributed by atoms with Gasteiger partial charge in [-0.25, -0.2) is 0 Å². The van der Waals surface area contributed by atoms with Crippen LogP contribution in [0.1, 0.15) is 59.3 Å². The van der Waals surface area contributed by atoms with Crippen LogP contribution in [-0.4, -0.2) is 37.1 Å². The Morgan fingerprint density at radius 1 is 1.18 bits per heavy atom. The molecular formula is C15H32N2. The number of nitrogens with one attached hydrogen (secondary N) is 1. The molecule has 0 aliphatic carbocycles. The zero-order valence-electron chi connectivity index (χ0n) is 12.2. The van der Waals surface area contributed by atoms with Crippen molar-refractivity contribution in [3.8, 4) is 0 Å². The van der Waals surface area contributed by atoms with Gasteiger partial charge in [-0.3, -0.25) is 0 Å². The smallest absolute Gasteiger partial charge is 0.00926 e. The van der Waals surface area contributed by atoms with E-state index in [1.165, 1.54) is 58.2 Å². The van der Waals surface area contributed by atoms with E-state index in [-0.39, 0.29) is 0 Å². The van der Waals surface area contributed by atoms with Crippen molar-refractivity contribution in [2.75, 3.05) is 26.2 Å². The van der Waals surface area contributed by atoms with Crippen molar-refractivity contribution < 1.29 is 0 Å². The Labute approximate surface area is 108 Å². The molecule has 0 aromatic rings. The first kappa shape index (κ1) is 15.0. The Balaban J connectivity index is 2.24. The van der Waals surface area contributed by atoms with Crippen LogP contribution < -0.4 is 5.32 Å². The van der Waals surface area contributed by atoms with Crippen molar-refractivity contribution in [1.82, 2.24) is 10.2 Å². The number of nitrogens with zero attached hydrogens (tertiary/aromatic N) is 1. The highest BCUT2D eigenvalue weighted by Gasteiger charge is 2.23. The third-order valence-electron chi connectivity index (χ3n) is 4.21. The molecule has 2 nitrogen and oxygen atoms in total. The molecule has 0 amide bonds. The van der Waals surface area contributed by atoms with Crippen molar-refractivity contribution in [3.63, 3.8) is 0 Å². The number of hydrogen-bond donors (Lipinski definition) is 1. The molecule has 17 heavy (non-hydrogen) atoms. The van der Waals surface area contributed by atoms with E-state index in [2.05, 4.69) is 31.0 Å². The van der Waals surface area contributed by atoms with E-state index in [1.807, 2.05) is 0 Å². The molecule has 0 radical (unpaired) electrons. The van der Waals surface area contributed by atoms with Crippen LogP contribution in [-0.2, 0) is 0 Å². The number of hydrogen-bond acceptors (Lipinski definition) is 2. The highest BCUT2D eigenvalue weighted by atomic mass is 15.2. The predicted octanol–water partition coefficient (Wildman–Crippen LogP) is 3.28. The second-order valence-electron chi connectivity index (χ2n) is 5.49. The first-order valence-electron chi connectivity index (χ1n) is 7.76. The van der Waals surface area contributed by atoms with Gasteiger partial charge in [0, 0.05) is 6.04 Å². The SMILES string of the molecule is CCCCC(CC)N1CCC(CNCC)CC1. The summed E-state index contributed by atoms with van der Waals surface area (Å²) in [5.74, 6) is 0.926. The third kappa shape index (κ3) is 5.39. The molecule has 1 rings (SSSR count). The Morgan fingerprint density at radius 3 is 2.41 bits per heavy atom. The highest BCUT2D eigenvalue weighted by Crippen LogP contribution is 2.21. The molecule has 1 N–H and O–H groups in total. The van der Waals surface area contributed by atoms with E-state index in [0.717, 1.165) is 18.5 Å². The highest BCUT2D eigenvalue weighted by molar-refractivity contribution is 4.78. The summed E-state index contributed by atoms with van der Waals surface area (Å²) in [5, 5.41) is 3.49. The van der Waals surface area contributed by atoms with Gasteiger partial charge in [0.25, 0.3) is 0 Å². The van der Waals surface area contributed by atoms with Gasteiger partial charge in [0.05, 0.1) is 0 Å². The predicted molar refractivity (Wildman–Crippen MR) is 76.4 cm³/mol. The summed E-state index contributed by atoms with van der Waals surface area (Å²) in [5.41, 5.74) is 0. The van der Waals surface area contributed by atoms with Crippen LogP contribution in [0.5, 0.6) is 0 Å². The van der Waals surface area contributed by atoms with Crippen LogP contribution in [0.3, 0.4) is 0 Å². The van der Waals surface area contributed by atoms with Gasteiger partial charge in [0.15, 0.2) is 0 Å². The first-order chi connectivity index (χ1) is 8.31. The lowest BCUT2D eigenvalue weighted by Crippen LogP contribution is -2.43. The Hall–Kier alpha value is -0.0800. The molecule has 1 aliphatic heterocycles. The molecule has 102 valence electrons. The van der Waals surface area contributed by atoms with E-state index < -0.39 is 0 Å². The maximum absolute atomic E-state index is 3.49. The number of likely N-dealkylation sites (tertiary alicyclic amines) is 1. The molecule has 1 saturated heterocycles. The maximum atomic E-state index is 3.49. The van der Waals surface area contributed by atoms with Crippen molar-refractivity contribution >= 4 is 0 Å². The van der Waals surface area contributed by atoms with Crippen molar-refractivity contribution in [1.29, 1.82) is 0 Å². The quantitative estimate of drug-likeness (QED) is 0.700. The molecule has 0 aromatic carbocycles. The summed E-state index contributed by atoms with van der Waals surface area (Å²) >= 11 is 0. The molecule has 1 unspecified atom stereocenters. The van der Waals surface area contributed by atoms with Crippen molar-refractivity contribution in [2.45, 2.75) is 65.3 Å². The van der Waals surface area contributed by atoms with E-state index in [1.54, 1.807) is 0 Å². The summed E-state index contributed by atoms with van der Waals surface area (Å²) in [6.07, 6.45) is 8.28. The summed E-state index contributed by atoms with van der Waals surface area (Å²) in [6, 6.07) is 0.857. The van der Waals surface area contributed by atoms with Crippen LogP contribution in [0.2, 0.25) is 0 Å². The largest absolute Gasteiger partial charge is 0.317 e. The molecular weight excluding hydrogens is 208 g/mol. The fourth-order valence-corrected chi connectivity index (χ4v) is 2.96. The third-order valence-corrected chi connectivity index (χ3v) is 4.21. The molecule has 0 bridgehead atoms. The van der Waals surface area contributed by atoms with Crippen LogP contribution >= 0.6 is 0 Å². The molecule has 1 atom stereocenters. The Morgan fingerprint density at radius 2 is 1.88 bits per heavy atom. The average molecular weight is 240 g/mol. The van der Waals surface area contributed by atoms with Gasteiger partial charge in [-0.05, 0) is 57.8 Å². The number of piperidine rings is 1. The normalized spacial score (nSPS) is 20.6. The first-order valence-corrected chi connectivity index (χ1v) is 7.76. The van der Waals surface area contributed by atoms with Gasteiger partial charge in [0.2, 0.25) is 0 Å². The lowest BCUT2D eigenvalue weighted by Gasteiger charge is -2.37. The molecule has 1 aliphatic rings. The average Bonchev–Trinajstić information content (AvgIpc) is 2.38. The summed E-state index contributed by atoms with van der Waals surface area (Å²) < 4.78 is 0. The van der Waals surface area contributed by atoms with Gasteiger partial charge in [0.1, 0.15) is 0 Å². The second-order valence-corrected chi connectivity index (χ2v) is 5.49. The molecule has 2 heteroatoms. The Bertz CT molecular complexity index is 174. The van der Waals surface area contributed by atoms with Gasteiger partial charge in [-0.1, -0.05) is 33.6 Å². The summed E-state index contributed by atoms with van der Waals surface area (Å²) in [7, 11) is 0. The lowest BCUT2D eigenvalue weighted by molar-refractivity contribution is 0.121. The molecule has 0 aromatic heterocycles. The van der Waals surface area contributed by atoms with E-state index in [0.29, 0.717) is 0 Å². The fourth-order valence-electron chi connectivity index (χ4n) is 2.96. The minimum atomic E-state index is 0.857. The van der Waals surface area contributed by atoms with Crippen LogP contribution in [0, 0.1) is 5.92 Å². The van der Waals surface area contributed by atoms with Gasteiger partial charge in [-0.2, -0.15) is 0 Å². The number of unbranched alkanes of at least 4 members (excludes halogenated alkanes) is 1. The fraction of sp³-hybridized carbons (Fsp3) is 1.00. The number of rotatable bonds is 8. The lowest BCUT2D eigenvalue weighted by atomic mass is 9.94. The molecule has 1 fully saturated rings. The standard InChI is InChI=1S/C15H32N2/c1-4-7-8-15(5-2)17-11-9-14(10-12-17)13-16-6-3/h14-16H,4-13H2,1-3H3. The van der Waals surface area contributed by atoms with Crippen LogP contribution in [0.4, 0.5) is 0 Å². The zero-order valence-corrected chi connectivity index (χ0v) is 12.2. The second kappa shape index (κ2) is 8.93. The topological polar surface area (TPSA) is 15.3 Å². The summed E-state index contributed by atoms with van der Waals surface area (Å²) in [6.45, 7) is 11.9. The van der Waals surface area contributed by atoms with E-state index in [9.17, 15) is 0 Å². The Kier molecular flexibility index (Phi) is 7.87. The minimum absolute atomic E-state index is 0.857. The maximum Gasteiger partial charge on any atom is 0.00926 e. The van der Waals surface area contributed by atoms with Gasteiger partial charge in [-0.15, -0.1) is 0 Å². The zero-order chi connectivity index (χ0) is 12.5. The summed E-state index contributed by atoms with van der Waals surface area (Å²) in [4.78, 5) is 2.75. The minimum Gasteiger partial charge on any atom is -0.317 e. The van der Waals surface area contributed by atoms with Gasteiger partial charge >= 0.3 is 0 Å². The molecule has 0 spiro atoms. The van der Waals surface area contributed by atoms with Gasteiger partial charge < -0.3 is 10.2 Å². The van der Waals surface area contributed by atoms with E-state index >= 15 is 0 Å². The van der Waals surface area contributed by atoms with Crippen molar-refractivity contribution in [3.05, 3.63) is 0 Å². The monoisotopic (exact) mass is 240 g/mol. The van der Waals surface area contributed by atoms with Crippen LogP contribution in [0.15, 0.2) is 0 Å². The van der Waals surface area contributed by atoms with E-state index in [4.69, 9.17) is 0 Å². The van der Waals surface area contributed by atoms with Crippen molar-refractivity contribution in [2.24, 2.45) is 5.92 Å².